The van der Waals surface area contributed by atoms with Crippen molar-refractivity contribution >= 4 is 0 Å². The Kier molecular flexibility index (Phi) is 3.66. The number of aromatic nitrogens is 2. The van der Waals surface area contributed by atoms with Gasteiger partial charge in [-0.1, -0.05) is 6.42 Å². The summed E-state index contributed by atoms with van der Waals surface area (Å²) in [5.41, 5.74) is 1.21. The van der Waals surface area contributed by atoms with Gasteiger partial charge in [0.15, 0.2) is 0 Å². The van der Waals surface area contributed by atoms with Crippen LogP contribution in [0.2, 0.25) is 0 Å². The van der Waals surface area contributed by atoms with Crippen molar-refractivity contribution in [2.24, 2.45) is 0 Å². The number of fused-ring (bicyclic) bond motifs is 1. The third-order valence-corrected chi connectivity index (χ3v) is 4.25. The molecule has 0 saturated carbocycles. The van der Waals surface area contributed by atoms with E-state index in [1.807, 2.05) is 6.20 Å². The van der Waals surface area contributed by atoms with Gasteiger partial charge in [-0.05, 0) is 32.4 Å². The van der Waals surface area contributed by atoms with Gasteiger partial charge < -0.3 is 14.6 Å². The molecule has 1 saturated heterocycles. The molecular formula is C14H23N3O. The molecule has 1 unspecified atom stereocenters. The standard InChI is InChI=1S/C14H23N3O/c18-13-4-9-17-12(10-13)11-15-14(17)5-8-16-6-2-1-3-7-16/h11,13,18H,1-10H2. The molecule has 100 valence electrons. The average molecular weight is 249 g/mol. The van der Waals surface area contributed by atoms with Crippen LogP contribution in [0.15, 0.2) is 6.20 Å². The van der Waals surface area contributed by atoms with Gasteiger partial charge in [0, 0.05) is 37.8 Å². The van der Waals surface area contributed by atoms with Gasteiger partial charge in [0.1, 0.15) is 5.82 Å². The first-order valence-corrected chi connectivity index (χ1v) is 7.26. The van der Waals surface area contributed by atoms with Crippen molar-refractivity contribution in [1.29, 1.82) is 0 Å². The minimum absolute atomic E-state index is 0.163. The Morgan fingerprint density at radius 2 is 2.06 bits per heavy atom. The van der Waals surface area contributed by atoms with Crippen molar-refractivity contribution in [3.63, 3.8) is 0 Å². The molecule has 0 aromatic carbocycles. The van der Waals surface area contributed by atoms with Crippen molar-refractivity contribution in [1.82, 2.24) is 14.5 Å². The Morgan fingerprint density at radius 1 is 1.22 bits per heavy atom. The third kappa shape index (κ3) is 2.59. The molecule has 4 nitrogen and oxygen atoms in total. The van der Waals surface area contributed by atoms with Gasteiger partial charge >= 0.3 is 0 Å². The van der Waals surface area contributed by atoms with Crippen LogP contribution in [0.3, 0.4) is 0 Å². The first kappa shape index (κ1) is 12.2. The van der Waals surface area contributed by atoms with Crippen molar-refractivity contribution in [3.8, 4) is 0 Å². The summed E-state index contributed by atoms with van der Waals surface area (Å²) in [7, 11) is 0. The number of aliphatic hydroxyl groups excluding tert-OH is 1. The maximum atomic E-state index is 9.65. The number of aliphatic hydroxyl groups is 1. The largest absolute Gasteiger partial charge is 0.393 e. The van der Waals surface area contributed by atoms with Gasteiger partial charge in [-0.25, -0.2) is 4.98 Å². The smallest absolute Gasteiger partial charge is 0.110 e. The number of nitrogens with zero attached hydrogens (tertiary/aromatic N) is 3. The van der Waals surface area contributed by atoms with E-state index in [0.717, 1.165) is 32.4 Å². The zero-order valence-corrected chi connectivity index (χ0v) is 11.0. The average Bonchev–Trinajstić information content (AvgIpc) is 2.80. The van der Waals surface area contributed by atoms with E-state index in [9.17, 15) is 5.11 Å². The second kappa shape index (κ2) is 5.41. The van der Waals surface area contributed by atoms with Crippen LogP contribution in [0.25, 0.3) is 0 Å². The lowest BCUT2D eigenvalue weighted by molar-refractivity contribution is 0.142. The monoisotopic (exact) mass is 249 g/mol. The van der Waals surface area contributed by atoms with E-state index in [-0.39, 0.29) is 6.10 Å². The zero-order valence-electron chi connectivity index (χ0n) is 11.0. The number of likely N-dealkylation sites (tertiary alicyclic amines) is 1. The fraction of sp³-hybridized carbons (Fsp3) is 0.786. The molecule has 3 rings (SSSR count). The fourth-order valence-electron chi connectivity index (χ4n) is 3.15. The van der Waals surface area contributed by atoms with Crippen molar-refractivity contribution in [2.75, 3.05) is 19.6 Å². The molecule has 0 amide bonds. The van der Waals surface area contributed by atoms with Crippen LogP contribution in [-0.2, 0) is 19.4 Å². The molecule has 1 aromatic heterocycles. The second-order valence-electron chi connectivity index (χ2n) is 5.62. The molecule has 1 aromatic rings. The highest BCUT2D eigenvalue weighted by molar-refractivity contribution is 5.09. The molecule has 0 aliphatic carbocycles. The van der Waals surface area contributed by atoms with Crippen LogP contribution >= 0.6 is 0 Å². The Labute approximate surface area is 109 Å². The summed E-state index contributed by atoms with van der Waals surface area (Å²) < 4.78 is 2.32. The van der Waals surface area contributed by atoms with E-state index < -0.39 is 0 Å². The minimum atomic E-state index is -0.163. The Balaban J connectivity index is 1.59. The van der Waals surface area contributed by atoms with Crippen LogP contribution in [0.1, 0.15) is 37.2 Å². The Hall–Kier alpha value is -0.870. The van der Waals surface area contributed by atoms with Gasteiger partial charge in [-0.3, -0.25) is 0 Å². The summed E-state index contributed by atoms with van der Waals surface area (Å²) >= 11 is 0. The first-order valence-electron chi connectivity index (χ1n) is 7.26. The van der Waals surface area contributed by atoms with Crippen LogP contribution < -0.4 is 0 Å². The van der Waals surface area contributed by atoms with E-state index in [4.69, 9.17) is 0 Å². The van der Waals surface area contributed by atoms with E-state index >= 15 is 0 Å². The summed E-state index contributed by atoms with van der Waals surface area (Å²) in [5.74, 6) is 1.21. The van der Waals surface area contributed by atoms with E-state index in [2.05, 4.69) is 14.5 Å². The summed E-state index contributed by atoms with van der Waals surface area (Å²) in [4.78, 5) is 7.10. The molecule has 3 heterocycles. The predicted octanol–water partition coefficient (Wildman–Crippen LogP) is 1.22. The summed E-state index contributed by atoms with van der Waals surface area (Å²) in [6.07, 6.45) is 8.59. The molecule has 0 radical (unpaired) electrons. The van der Waals surface area contributed by atoms with Crippen molar-refractivity contribution < 1.29 is 5.11 Å². The number of piperidine rings is 1. The summed E-state index contributed by atoms with van der Waals surface area (Å²) in [6, 6.07) is 0. The van der Waals surface area contributed by atoms with Gasteiger partial charge in [-0.15, -0.1) is 0 Å². The van der Waals surface area contributed by atoms with Crippen LogP contribution in [0.4, 0.5) is 0 Å². The van der Waals surface area contributed by atoms with E-state index in [1.165, 1.54) is 43.9 Å². The molecule has 4 heteroatoms. The highest BCUT2D eigenvalue weighted by Gasteiger charge is 2.20. The van der Waals surface area contributed by atoms with Gasteiger partial charge in [0.05, 0.1) is 6.10 Å². The second-order valence-corrected chi connectivity index (χ2v) is 5.62. The number of hydrogen-bond acceptors (Lipinski definition) is 3. The normalized spacial score (nSPS) is 25.1. The summed E-state index contributed by atoms with van der Waals surface area (Å²) in [5, 5.41) is 9.65. The lowest BCUT2D eigenvalue weighted by Crippen LogP contribution is -2.32. The predicted molar refractivity (Wildman–Crippen MR) is 70.5 cm³/mol. The molecule has 2 aliphatic heterocycles. The molecule has 0 spiro atoms. The molecule has 2 aliphatic rings. The van der Waals surface area contributed by atoms with Gasteiger partial charge in [0.2, 0.25) is 0 Å². The maximum Gasteiger partial charge on any atom is 0.110 e. The molecule has 1 fully saturated rings. The molecular weight excluding hydrogens is 226 g/mol. The lowest BCUT2D eigenvalue weighted by atomic mass is 10.1. The molecule has 1 N–H and O–H groups in total. The van der Waals surface area contributed by atoms with Crippen molar-refractivity contribution in [3.05, 3.63) is 17.7 Å². The number of hydrogen-bond donors (Lipinski definition) is 1. The lowest BCUT2D eigenvalue weighted by Gasteiger charge is -2.26. The van der Waals surface area contributed by atoms with Crippen molar-refractivity contribution in [2.45, 2.75) is 51.2 Å². The maximum absolute atomic E-state index is 9.65. The number of rotatable bonds is 3. The van der Waals surface area contributed by atoms with Crippen LogP contribution in [-0.4, -0.2) is 45.3 Å². The Morgan fingerprint density at radius 3 is 2.89 bits per heavy atom. The van der Waals surface area contributed by atoms with E-state index in [0.29, 0.717) is 0 Å². The zero-order chi connectivity index (χ0) is 12.4. The Bertz CT molecular complexity index is 396. The first-order chi connectivity index (χ1) is 8.83. The van der Waals surface area contributed by atoms with Crippen LogP contribution in [0, 0.1) is 0 Å². The molecule has 18 heavy (non-hydrogen) atoms. The molecule has 0 bridgehead atoms. The van der Waals surface area contributed by atoms with Gasteiger partial charge in [0.25, 0.3) is 0 Å². The topological polar surface area (TPSA) is 41.3 Å². The SMILES string of the molecule is OC1CCn2c(cnc2CCN2CCCCC2)C1. The number of imidazole rings is 1. The fourth-order valence-corrected chi connectivity index (χ4v) is 3.15. The highest BCUT2D eigenvalue weighted by Crippen LogP contribution is 2.18. The third-order valence-electron chi connectivity index (χ3n) is 4.25. The van der Waals surface area contributed by atoms with E-state index in [1.54, 1.807) is 0 Å². The van der Waals surface area contributed by atoms with Crippen LogP contribution in [0.5, 0.6) is 0 Å². The quantitative estimate of drug-likeness (QED) is 0.875. The summed E-state index contributed by atoms with van der Waals surface area (Å²) in [6.45, 7) is 4.59. The minimum Gasteiger partial charge on any atom is -0.393 e. The molecule has 1 atom stereocenters. The highest BCUT2D eigenvalue weighted by atomic mass is 16.3. The van der Waals surface area contributed by atoms with Gasteiger partial charge in [-0.2, -0.15) is 0 Å².